The summed E-state index contributed by atoms with van der Waals surface area (Å²) in [6, 6.07) is 0.285. The molecule has 2 saturated carbocycles. The van der Waals surface area contributed by atoms with Crippen molar-refractivity contribution in [1.82, 2.24) is 20.3 Å². The van der Waals surface area contributed by atoms with E-state index in [1.165, 1.54) is 25.7 Å². The van der Waals surface area contributed by atoms with E-state index < -0.39 is 0 Å². The molecule has 5 nitrogen and oxygen atoms in total. The van der Waals surface area contributed by atoms with Crippen LogP contribution >= 0.6 is 0 Å². The van der Waals surface area contributed by atoms with Crippen molar-refractivity contribution >= 4 is 5.91 Å². The number of aryl methyl sites for hydroxylation is 1. The van der Waals surface area contributed by atoms with Gasteiger partial charge in [-0.2, -0.15) is 0 Å². The molecule has 1 aromatic heterocycles. The Hall–Kier alpha value is -1.39. The van der Waals surface area contributed by atoms with Gasteiger partial charge in [0.1, 0.15) is 6.54 Å². The molecule has 0 spiro atoms. The number of nitrogens with zero attached hydrogens (tertiary/aromatic N) is 3. The van der Waals surface area contributed by atoms with E-state index in [0.29, 0.717) is 5.92 Å². The van der Waals surface area contributed by atoms with E-state index in [9.17, 15) is 4.79 Å². The number of hydrogen-bond donors (Lipinski definition) is 1. The molecule has 0 radical (unpaired) electrons. The van der Waals surface area contributed by atoms with Crippen LogP contribution in [0.1, 0.15) is 38.3 Å². The van der Waals surface area contributed by atoms with Gasteiger partial charge in [0.15, 0.2) is 0 Å². The second kappa shape index (κ2) is 4.94. The Morgan fingerprint density at radius 1 is 1.53 bits per heavy atom. The fourth-order valence-electron chi connectivity index (χ4n) is 3.93. The molecule has 1 N–H and O–H groups in total. The van der Waals surface area contributed by atoms with Crippen molar-refractivity contribution in [3.63, 3.8) is 0 Å². The summed E-state index contributed by atoms with van der Waals surface area (Å²) in [5.41, 5.74) is 0.842. The van der Waals surface area contributed by atoms with Gasteiger partial charge in [-0.15, -0.1) is 5.10 Å². The van der Waals surface area contributed by atoms with Gasteiger partial charge in [0.25, 0.3) is 0 Å². The van der Waals surface area contributed by atoms with E-state index in [-0.39, 0.29) is 18.5 Å². The summed E-state index contributed by atoms with van der Waals surface area (Å²) in [7, 11) is 0. The van der Waals surface area contributed by atoms with Gasteiger partial charge in [0, 0.05) is 12.2 Å². The number of fused-ring (bicyclic) bond motifs is 2. The second-order valence-corrected chi connectivity index (χ2v) is 6.25. The third-order valence-corrected chi connectivity index (χ3v) is 4.78. The van der Waals surface area contributed by atoms with Gasteiger partial charge >= 0.3 is 0 Å². The lowest BCUT2D eigenvalue weighted by molar-refractivity contribution is -0.123. The quantitative estimate of drug-likeness (QED) is 0.895. The average Bonchev–Trinajstić information content (AvgIpc) is 3.05. The number of carbonyl (C=O) groups is 1. The van der Waals surface area contributed by atoms with Gasteiger partial charge in [-0.25, -0.2) is 4.68 Å². The monoisotopic (exact) mass is 262 g/mol. The fourth-order valence-corrected chi connectivity index (χ4v) is 3.93. The van der Waals surface area contributed by atoms with Gasteiger partial charge in [-0.05, 0) is 50.9 Å². The van der Waals surface area contributed by atoms with E-state index in [4.69, 9.17) is 0 Å². The minimum absolute atomic E-state index is 0.0418. The molecule has 1 aromatic rings. The Labute approximate surface area is 113 Å². The van der Waals surface area contributed by atoms with E-state index in [0.717, 1.165) is 17.5 Å². The van der Waals surface area contributed by atoms with E-state index >= 15 is 0 Å². The van der Waals surface area contributed by atoms with Gasteiger partial charge in [0.05, 0.1) is 5.69 Å². The Kier molecular flexibility index (Phi) is 3.29. The van der Waals surface area contributed by atoms with E-state index in [1.807, 2.05) is 6.92 Å². The third-order valence-electron chi connectivity index (χ3n) is 4.78. The molecule has 2 aliphatic carbocycles. The molecule has 0 aromatic carbocycles. The molecular weight excluding hydrogens is 240 g/mol. The lowest BCUT2D eigenvalue weighted by Gasteiger charge is -2.28. The molecule has 4 atom stereocenters. The number of amides is 1. The predicted molar refractivity (Wildman–Crippen MR) is 71.3 cm³/mol. The number of hydrogen-bond acceptors (Lipinski definition) is 3. The Balaban J connectivity index is 1.52. The lowest BCUT2D eigenvalue weighted by atomic mass is 9.84. The Morgan fingerprint density at radius 3 is 2.95 bits per heavy atom. The first kappa shape index (κ1) is 12.6. The second-order valence-electron chi connectivity index (χ2n) is 6.25. The molecule has 104 valence electrons. The maximum atomic E-state index is 12.0. The average molecular weight is 262 g/mol. The summed E-state index contributed by atoms with van der Waals surface area (Å²) in [6.07, 6.45) is 7.24. The van der Waals surface area contributed by atoms with Gasteiger partial charge in [-0.1, -0.05) is 11.6 Å². The minimum atomic E-state index is 0.0418. The number of nitrogens with one attached hydrogen (secondary N) is 1. The zero-order chi connectivity index (χ0) is 13.4. The molecule has 0 saturated heterocycles. The smallest absolute Gasteiger partial charge is 0.242 e. The van der Waals surface area contributed by atoms with Crippen molar-refractivity contribution < 1.29 is 4.79 Å². The van der Waals surface area contributed by atoms with Crippen LogP contribution in [0.4, 0.5) is 0 Å². The maximum Gasteiger partial charge on any atom is 0.242 e. The standard InChI is InChI=1S/C14H22N4O/c1-9-7-18(17-16-9)8-14(19)15-10(2)13-6-11-3-4-12(13)5-11/h7,10-13H,3-6,8H2,1-2H3,(H,15,19)/t10-,11+,12+,13-/m0/s1. The molecule has 2 aliphatic rings. The Morgan fingerprint density at radius 2 is 2.37 bits per heavy atom. The van der Waals surface area contributed by atoms with Crippen LogP contribution < -0.4 is 5.32 Å². The summed E-state index contributed by atoms with van der Waals surface area (Å²) < 4.78 is 1.60. The van der Waals surface area contributed by atoms with Crippen molar-refractivity contribution in [2.75, 3.05) is 0 Å². The van der Waals surface area contributed by atoms with Crippen molar-refractivity contribution in [2.45, 2.75) is 52.1 Å². The molecule has 19 heavy (non-hydrogen) atoms. The molecule has 5 heteroatoms. The molecule has 3 rings (SSSR count). The van der Waals surface area contributed by atoms with Crippen LogP contribution in [0.3, 0.4) is 0 Å². The summed E-state index contributed by atoms with van der Waals surface area (Å²) in [5.74, 6) is 2.49. The summed E-state index contributed by atoms with van der Waals surface area (Å²) >= 11 is 0. The number of carbonyl (C=O) groups excluding carboxylic acids is 1. The highest BCUT2D eigenvalue weighted by molar-refractivity contribution is 5.75. The first-order valence-electron chi connectivity index (χ1n) is 7.28. The highest BCUT2D eigenvalue weighted by atomic mass is 16.2. The van der Waals surface area contributed by atoms with Crippen LogP contribution in [0.2, 0.25) is 0 Å². The van der Waals surface area contributed by atoms with E-state index in [2.05, 4.69) is 22.6 Å². The highest BCUT2D eigenvalue weighted by Crippen LogP contribution is 2.49. The summed E-state index contributed by atoms with van der Waals surface area (Å²) in [6.45, 7) is 4.29. The third kappa shape index (κ3) is 2.65. The van der Waals surface area contributed by atoms with E-state index in [1.54, 1.807) is 10.9 Å². The SMILES string of the molecule is Cc1cn(CC(=O)N[C@@H](C)[C@@H]2C[C@@H]3CC[C@@H]2C3)nn1. The van der Waals surface area contributed by atoms with Crippen LogP contribution in [0, 0.1) is 24.7 Å². The predicted octanol–water partition coefficient (Wildman–Crippen LogP) is 1.53. The number of rotatable bonds is 4. The van der Waals surface area contributed by atoms with Crippen molar-refractivity contribution in [1.29, 1.82) is 0 Å². The molecule has 1 heterocycles. The lowest BCUT2D eigenvalue weighted by Crippen LogP contribution is -2.41. The maximum absolute atomic E-state index is 12.0. The topological polar surface area (TPSA) is 59.8 Å². The molecule has 2 fully saturated rings. The summed E-state index contributed by atoms with van der Waals surface area (Å²) in [5, 5.41) is 10.9. The van der Waals surface area contributed by atoms with Crippen molar-refractivity contribution in [3.8, 4) is 0 Å². The summed E-state index contributed by atoms with van der Waals surface area (Å²) in [4.78, 5) is 12.0. The molecule has 1 amide bonds. The zero-order valence-corrected chi connectivity index (χ0v) is 11.7. The molecule has 0 aliphatic heterocycles. The highest BCUT2D eigenvalue weighted by Gasteiger charge is 2.42. The fraction of sp³-hybridized carbons (Fsp3) is 0.786. The largest absolute Gasteiger partial charge is 0.352 e. The molecular formula is C14H22N4O. The van der Waals surface area contributed by atoms with Gasteiger partial charge in [0.2, 0.25) is 5.91 Å². The zero-order valence-electron chi connectivity index (χ0n) is 11.7. The molecule has 2 bridgehead atoms. The molecule has 0 unspecified atom stereocenters. The van der Waals surface area contributed by atoms with Crippen LogP contribution in [0.25, 0.3) is 0 Å². The van der Waals surface area contributed by atoms with Crippen LogP contribution in [0.15, 0.2) is 6.20 Å². The van der Waals surface area contributed by atoms with Crippen molar-refractivity contribution in [3.05, 3.63) is 11.9 Å². The Bertz CT molecular complexity index is 470. The number of aromatic nitrogens is 3. The van der Waals surface area contributed by atoms with Gasteiger partial charge in [-0.3, -0.25) is 4.79 Å². The van der Waals surface area contributed by atoms with Crippen LogP contribution in [-0.2, 0) is 11.3 Å². The minimum Gasteiger partial charge on any atom is -0.352 e. The van der Waals surface area contributed by atoms with Crippen LogP contribution in [-0.4, -0.2) is 26.9 Å². The first-order valence-corrected chi connectivity index (χ1v) is 7.28. The normalized spacial score (nSPS) is 30.5. The first-order chi connectivity index (χ1) is 9.11. The van der Waals surface area contributed by atoms with Gasteiger partial charge < -0.3 is 5.32 Å². The van der Waals surface area contributed by atoms with Crippen molar-refractivity contribution in [2.24, 2.45) is 17.8 Å². The van der Waals surface area contributed by atoms with Crippen LogP contribution in [0.5, 0.6) is 0 Å².